The SMILES string of the molecule is COCC(C)OC1CN(C)CC1N. The number of nitrogens with two attached hydrogens (primary N) is 1. The highest BCUT2D eigenvalue weighted by atomic mass is 16.5. The number of hydrogen-bond donors (Lipinski definition) is 1. The summed E-state index contributed by atoms with van der Waals surface area (Å²) in [7, 11) is 3.74. The molecular weight excluding hydrogens is 168 g/mol. The van der Waals surface area contributed by atoms with Gasteiger partial charge < -0.3 is 20.1 Å². The molecule has 2 N–H and O–H groups in total. The van der Waals surface area contributed by atoms with E-state index in [0.717, 1.165) is 13.1 Å². The maximum atomic E-state index is 5.91. The third-order valence-corrected chi connectivity index (χ3v) is 2.30. The first kappa shape index (κ1) is 10.9. The lowest BCUT2D eigenvalue weighted by molar-refractivity contribution is -0.0379. The minimum atomic E-state index is 0.132. The van der Waals surface area contributed by atoms with Crippen molar-refractivity contribution in [2.75, 3.05) is 33.9 Å². The summed E-state index contributed by atoms with van der Waals surface area (Å²) < 4.78 is 10.7. The molecule has 0 radical (unpaired) electrons. The van der Waals surface area contributed by atoms with E-state index in [-0.39, 0.29) is 18.2 Å². The molecule has 0 spiro atoms. The van der Waals surface area contributed by atoms with Crippen molar-refractivity contribution in [3.05, 3.63) is 0 Å². The number of ether oxygens (including phenoxy) is 2. The highest BCUT2D eigenvalue weighted by Gasteiger charge is 2.29. The fraction of sp³-hybridized carbons (Fsp3) is 1.00. The summed E-state index contributed by atoms with van der Waals surface area (Å²) in [5, 5.41) is 0. The van der Waals surface area contributed by atoms with E-state index < -0.39 is 0 Å². The molecule has 78 valence electrons. The van der Waals surface area contributed by atoms with Crippen molar-refractivity contribution >= 4 is 0 Å². The third kappa shape index (κ3) is 3.23. The molecule has 4 heteroatoms. The van der Waals surface area contributed by atoms with E-state index >= 15 is 0 Å². The van der Waals surface area contributed by atoms with Crippen LogP contribution in [0.15, 0.2) is 0 Å². The highest BCUT2D eigenvalue weighted by Crippen LogP contribution is 2.11. The number of likely N-dealkylation sites (N-methyl/N-ethyl adjacent to an activating group) is 1. The number of methoxy groups -OCH3 is 1. The normalized spacial score (nSPS) is 32.3. The van der Waals surface area contributed by atoms with E-state index in [9.17, 15) is 0 Å². The molecule has 0 saturated carbocycles. The molecule has 1 aliphatic rings. The van der Waals surface area contributed by atoms with Crippen LogP contribution in [0.2, 0.25) is 0 Å². The molecule has 0 bridgehead atoms. The van der Waals surface area contributed by atoms with Crippen LogP contribution in [0.4, 0.5) is 0 Å². The fourth-order valence-corrected chi connectivity index (χ4v) is 1.71. The second-order valence-electron chi connectivity index (χ2n) is 3.83. The zero-order valence-electron chi connectivity index (χ0n) is 8.69. The van der Waals surface area contributed by atoms with E-state index in [0.29, 0.717) is 6.61 Å². The van der Waals surface area contributed by atoms with Gasteiger partial charge in [-0.25, -0.2) is 0 Å². The lowest BCUT2D eigenvalue weighted by Crippen LogP contribution is -2.38. The zero-order valence-corrected chi connectivity index (χ0v) is 8.69. The Balaban J connectivity index is 2.28. The highest BCUT2D eigenvalue weighted by molar-refractivity contribution is 4.86. The third-order valence-electron chi connectivity index (χ3n) is 2.30. The Morgan fingerprint density at radius 1 is 1.54 bits per heavy atom. The minimum absolute atomic E-state index is 0.132. The van der Waals surface area contributed by atoms with Gasteiger partial charge in [-0.05, 0) is 14.0 Å². The number of rotatable bonds is 4. The van der Waals surface area contributed by atoms with Crippen LogP contribution in [0.25, 0.3) is 0 Å². The fourth-order valence-electron chi connectivity index (χ4n) is 1.71. The summed E-state index contributed by atoms with van der Waals surface area (Å²) in [6.07, 6.45) is 0.294. The van der Waals surface area contributed by atoms with Gasteiger partial charge in [-0.1, -0.05) is 0 Å². The van der Waals surface area contributed by atoms with Crippen LogP contribution in [0.1, 0.15) is 6.92 Å². The van der Waals surface area contributed by atoms with Crippen molar-refractivity contribution in [2.24, 2.45) is 5.73 Å². The molecule has 1 rings (SSSR count). The first-order chi connectivity index (χ1) is 6.13. The van der Waals surface area contributed by atoms with Gasteiger partial charge in [0.15, 0.2) is 0 Å². The largest absolute Gasteiger partial charge is 0.382 e. The molecule has 4 nitrogen and oxygen atoms in total. The van der Waals surface area contributed by atoms with Crippen molar-refractivity contribution in [3.63, 3.8) is 0 Å². The molecule has 0 amide bonds. The Hall–Kier alpha value is -0.160. The summed E-state index contributed by atoms with van der Waals surface area (Å²) in [6, 6.07) is 0.143. The molecule has 1 saturated heterocycles. The van der Waals surface area contributed by atoms with Crippen LogP contribution in [-0.4, -0.2) is 57.0 Å². The molecule has 0 aromatic heterocycles. The molecule has 1 aliphatic heterocycles. The predicted octanol–water partition coefficient (Wildman–Crippen LogP) is -0.321. The van der Waals surface area contributed by atoms with Gasteiger partial charge in [0.2, 0.25) is 0 Å². The summed E-state index contributed by atoms with van der Waals surface area (Å²) in [5.41, 5.74) is 5.91. The minimum Gasteiger partial charge on any atom is -0.382 e. The molecule has 3 atom stereocenters. The van der Waals surface area contributed by atoms with Gasteiger partial charge in [-0.15, -0.1) is 0 Å². The smallest absolute Gasteiger partial charge is 0.0869 e. The Morgan fingerprint density at radius 2 is 2.23 bits per heavy atom. The Morgan fingerprint density at radius 3 is 2.69 bits per heavy atom. The van der Waals surface area contributed by atoms with Gasteiger partial charge in [0.1, 0.15) is 0 Å². The molecule has 0 aromatic carbocycles. The van der Waals surface area contributed by atoms with Crippen LogP contribution in [0.3, 0.4) is 0 Å². The van der Waals surface area contributed by atoms with E-state index in [4.69, 9.17) is 15.2 Å². The van der Waals surface area contributed by atoms with Crippen molar-refractivity contribution in [1.82, 2.24) is 4.90 Å². The van der Waals surface area contributed by atoms with Gasteiger partial charge >= 0.3 is 0 Å². The Kier molecular flexibility index (Phi) is 4.12. The van der Waals surface area contributed by atoms with Gasteiger partial charge in [0.25, 0.3) is 0 Å². The first-order valence-corrected chi connectivity index (χ1v) is 4.72. The van der Waals surface area contributed by atoms with Gasteiger partial charge in [-0.2, -0.15) is 0 Å². The molecule has 0 aliphatic carbocycles. The number of hydrogen-bond acceptors (Lipinski definition) is 4. The topological polar surface area (TPSA) is 47.7 Å². The molecule has 13 heavy (non-hydrogen) atoms. The van der Waals surface area contributed by atoms with Crippen LogP contribution in [-0.2, 0) is 9.47 Å². The van der Waals surface area contributed by atoms with Crippen molar-refractivity contribution in [3.8, 4) is 0 Å². The van der Waals surface area contributed by atoms with E-state index in [1.54, 1.807) is 7.11 Å². The lowest BCUT2D eigenvalue weighted by atomic mass is 10.2. The average Bonchev–Trinajstić information content (AvgIpc) is 2.30. The maximum absolute atomic E-state index is 5.91. The summed E-state index contributed by atoms with van der Waals surface area (Å²) in [6.45, 7) is 4.49. The van der Waals surface area contributed by atoms with Crippen LogP contribution < -0.4 is 5.73 Å². The molecule has 1 fully saturated rings. The van der Waals surface area contributed by atoms with Crippen LogP contribution >= 0.6 is 0 Å². The van der Waals surface area contributed by atoms with Gasteiger partial charge in [0.05, 0.1) is 18.8 Å². The van der Waals surface area contributed by atoms with Gasteiger partial charge in [0, 0.05) is 26.2 Å². The van der Waals surface area contributed by atoms with Gasteiger partial charge in [-0.3, -0.25) is 0 Å². The predicted molar refractivity (Wildman–Crippen MR) is 51.7 cm³/mol. The van der Waals surface area contributed by atoms with E-state index in [2.05, 4.69) is 11.9 Å². The summed E-state index contributed by atoms with van der Waals surface area (Å²) in [4.78, 5) is 2.19. The van der Waals surface area contributed by atoms with Crippen molar-refractivity contribution < 1.29 is 9.47 Å². The Bertz CT molecular complexity index is 155. The summed E-state index contributed by atoms with van der Waals surface area (Å²) >= 11 is 0. The monoisotopic (exact) mass is 188 g/mol. The van der Waals surface area contributed by atoms with Crippen LogP contribution in [0, 0.1) is 0 Å². The quantitative estimate of drug-likeness (QED) is 0.657. The number of likely N-dealkylation sites (tertiary alicyclic amines) is 1. The van der Waals surface area contributed by atoms with E-state index in [1.807, 2.05) is 6.92 Å². The van der Waals surface area contributed by atoms with Crippen LogP contribution in [0.5, 0.6) is 0 Å². The lowest BCUT2D eigenvalue weighted by Gasteiger charge is -2.20. The Labute approximate surface area is 80.0 Å². The van der Waals surface area contributed by atoms with Crippen molar-refractivity contribution in [2.45, 2.75) is 25.2 Å². The maximum Gasteiger partial charge on any atom is 0.0869 e. The standard InChI is InChI=1S/C9H20N2O2/c1-7(6-12-3)13-9-5-11(2)4-8(9)10/h7-9H,4-6,10H2,1-3H3. The molecule has 1 heterocycles. The second kappa shape index (κ2) is 4.91. The zero-order chi connectivity index (χ0) is 9.84. The summed E-state index contributed by atoms with van der Waals surface area (Å²) in [5.74, 6) is 0. The number of nitrogens with zero attached hydrogens (tertiary/aromatic N) is 1. The average molecular weight is 188 g/mol. The molecular formula is C9H20N2O2. The van der Waals surface area contributed by atoms with E-state index in [1.165, 1.54) is 0 Å². The molecule has 3 unspecified atom stereocenters. The van der Waals surface area contributed by atoms with Crippen molar-refractivity contribution in [1.29, 1.82) is 0 Å². The first-order valence-electron chi connectivity index (χ1n) is 4.72. The molecule has 0 aromatic rings. The second-order valence-corrected chi connectivity index (χ2v) is 3.83.